The van der Waals surface area contributed by atoms with Crippen LogP contribution in [-0.2, 0) is 4.79 Å². The SMILES string of the molecule is CC(C)Nc1ncccc1C(=O)Nc1ccc(C2=NCC(=O)Nc3c2ccc2ccccc32)cc1.Cl.Cl. The van der Waals surface area contributed by atoms with Gasteiger partial charge < -0.3 is 16.0 Å². The molecular formula is C28H27Cl2N5O2. The van der Waals surface area contributed by atoms with Crippen LogP contribution in [0.2, 0.25) is 0 Å². The van der Waals surface area contributed by atoms with Crippen molar-refractivity contribution < 1.29 is 9.59 Å². The number of rotatable bonds is 5. The number of hydrogen-bond acceptors (Lipinski definition) is 5. The Morgan fingerprint density at radius 2 is 1.70 bits per heavy atom. The number of carbonyl (C=O) groups is 2. The highest BCUT2D eigenvalue weighted by molar-refractivity contribution is 6.23. The smallest absolute Gasteiger partial charge is 0.259 e. The molecule has 7 nitrogen and oxygen atoms in total. The highest BCUT2D eigenvalue weighted by Crippen LogP contribution is 2.31. The van der Waals surface area contributed by atoms with E-state index in [0.717, 1.165) is 33.3 Å². The number of aromatic nitrogens is 1. The number of benzene rings is 3. The van der Waals surface area contributed by atoms with Gasteiger partial charge in [-0.05, 0) is 43.5 Å². The molecule has 0 radical (unpaired) electrons. The monoisotopic (exact) mass is 535 g/mol. The molecule has 1 aliphatic rings. The fourth-order valence-electron chi connectivity index (χ4n) is 4.15. The zero-order chi connectivity index (χ0) is 24.4. The molecule has 0 unspecified atom stereocenters. The number of anilines is 3. The second-order valence-electron chi connectivity index (χ2n) is 8.65. The van der Waals surface area contributed by atoms with Crippen LogP contribution in [-0.4, -0.2) is 35.1 Å². The van der Waals surface area contributed by atoms with Gasteiger partial charge in [-0.25, -0.2) is 4.98 Å². The molecule has 5 rings (SSSR count). The molecular weight excluding hydrogens is 509 g/mol. The third-order valence-corrected chi connectivity index (χ3v) is 5.72. The Kier molecular flexibility index (Phi) is 8.86. The summed E-state index contributed by atoms with van der Waals surface area (Å²) in [5.41, 5.74) is 4.36. The Morgan fingerprint density at radius 1 is 0.946 bits per heavy atom. The van der Waals surface area contributed by atoms with Crippen molar-refractivity contribution in [1.29, 1.82) is 0 Å². The van der Waals surface area contributed by atoms with Crippen LogP contribution in [0.1, 0.15) is 35.3 Å². The van der Waals surface area contributed by atoms with Crippen LogP contribution in [0.15, 0.2) is 84.0 Å². The summed E-state index contributed by atoms with van der Waals surface area (Å²) in [6.07, 6.45) is 1.66. The summed E-state index contributed by atoms with van der Waals surface area (Å²) in [5, 5.41) is 11.2. The van der Waals surface area contributed by atoms with Crippen LogP contribution in [0.25, 0.3) is 10.8 Å². The first-order valence-corrected chi connectivity index (χ1v) is 11.5. The Labute approximate surface area is 227 Å². The average molecular weight is 536 g/mol. The maximum Gasteiger partial charge on any atom is 0.259 e. The predicted molar refractivity (Wildman–Crippen MR) is 155 cm³/mol. The van der Waals surface area contributed by atoms with Gasteiger partial charge in [0.2, 0.25) is 5.91 Å². The zero-order valence-electron chi connectivity index (χ0n) is 20.3. The molecule has 0 aliphatic carbocycles. The third-order valence-electron chi connectivity index (χ3n) is 5.72. The van der Waals surface area contributed by atoms with Crippen molar-refractivity contribution in [1.82, 2.24) is 4.98 Å². The zero-order valence-corrected chi connectivity index (χ0v) is 22.0. The second-order valence-corrected chi connectivity index (χ2v) is 8.65. The first-order chi connectivity index (χ1) is 17.0. The number of hydrogen-bond donors (Lipinski definition) is 3. The number of halogens is 2. The van der Waals surface area contributed by atoms with Crippen LogP contribution < -0.4 is 16.0 Å². The van der Waals surface area contributed by atoms with Crippen molar-refractivity contribution >= 4 is 70.3 Å². The van der Waals surface area contributed by atoms with E-state index in [1.807, 2.05) is 74.5 Å². The number of nitrogens with zero attached hydrogens (tertiary/aromatic N) is 2. The van der Waals surface area contributed by atoms with E-state index in [1.165, 1.54) is 0 Å². The molecule has 0 saturated carbocycles. The first-order valence-electron chi connectivity index (χ1n) is 11.5. The number of aliphatic imine (C=N–C) groups is 1. The normalized spacial score (nSPS) is 12.3. The summed E-state index contributed by atoms with van der Waals surface area (Å²) < 4.78 is 0. The molecule has 0 spiro atoms. The molecule has 9 heteroatoms. The molecule has 1 aliphatic heterocycles. The lowest BCUT2D eigenvalue weighted by atomic mass is 9.96. The van der Waals surface area contributed by atoms with Gasteiger partial charge in [-0.3, -0.25) is 14.6 Å². The fraction of sp³-hybridized carbons (Fsp3) is 0.143. The molecule has 4 aromatic rings. The fourth-order valence-corrected chi connectivity index (χ4v) is 4.15. The number of amides is 2. The van der Waals surface area contributed by atoms with Crippen LogP contribution in [0, 0.1) is 0 Å². The van der Waals surface area contributed by atoms with Gasteiger partial charge in [-0.15, -0.1) is 24.8 Å². The maximum atomic E-state index is 12.9. The Balaban J connectivity index is 0.00000190. The molecule has 2 amide bonds. The Hall–Kier alpha value is -3.94. The largest absolute Gasteiger partial charge is 0.367 e. The van der Waals surface area contributed by atoms with Crippen LogP contribution in [0.4, 0.5) is 17.2 Å². The van der Waals surface area contributed by atoms with Gasteiger partial charge in [0.25, 0.3) is 5.91 Å². The molecule has 37 heavy (non-hydrogen) atoms. The van der Waals surface area contributed by atoms with Gasteiger partial charge >= 0.3 is 0 Å². The van der Waals surface area contributed by atoms with Crippen molar-refractivity contribution in [3.63, 3.8) is 0 Å². The maximum absolute atomic E-state index is 12.9. The first kappa shape index (κ1) is 27.6. The summed E-state index contributed by atoms with van der Waals surface area (Å²) in [6, 6.07) is 23.1. The Morgan fingerprint density at radius 3 is 2.46 bits per heavy atom. The van der Waals surface area contributed by atoms with E-state index in [4.69, 9.17) is 0 Å². The van der Waals surface area contributed by atoms with Crippen molar-refractivity contribution in [3.05, 3.63) is 95.7 Å². The molecule has 1 aromatic heterocycles. The summed E-state index contributed by atoms with van der Waals surface area (Å²) in [7, 11) is 0. The average Bonchev–Trinajstić information content (AvgIpc) is 3.03. The van der Waals surface area contributed by atoms with Crippen molar-refractivity contribution in [2.45, 2.75) is 19.9 Å². The van der Waals surface area contributed by atoms with E-state index in [2.05, 4.69) is 25.9 Å². The molecule has 0 saturated heterocycles. The van der Waals surface area contributed by atoms with E-state index in [-0.39, 0.29) is 49.2 Å². The second kappa shape index (κ2) is 11.9. The number of fused-ring (bicyclic) bond motifs is 3. The lowest BCUT2D eigenvalue weighted by Gasteiger charge is -2.14. The van der Waals surface area contributed by atoms with Gasteiger partial charge in [-0.1, -0.05) is 48.5 Å². The highest BCUT2D eigenvalue weighted by atomic mass is 35.5. The summed E-state index contributed by atoms with van der Waals surface area (Å²) >= 11 is 0. The summed E-state index contributed by atoms with van der Waals surface area (Å²) in [4.78, 5) is 34.2. The quantitative estimate of drug-likeness (QED) is 0.294. The van der Waals surface area contributed by atoms with Crippen LogP contribution in [0.3, 0.4) is 0 Å². The molecule has 0 fully saturated rings. The van der Waals surface area contributed by atoms with Crippen molar-refractivity contribution in [3.8, 4) is 0 Å². The van der Waals surface area contributed by atoms with E-state index >= 15 is 0 Å². The van der Waals surface area contributed by atoms with Gasteiger partial charge in [0.1, 0.15) is 12.4 Å². The minimum atomic E-state index is -0.243. The number of pyridine rings is 1. The van der Waals surface area contributed by atoms with Gasteiger partial charge in [0, 0.05) is 34.4 Å². The molecule has 3 N–H and O–H groups in total. The minimum absolute atomic E-state index is 0. The Bertz CT molecular complexity index is 1470. The summed E-state index contributed by atoms with van der Waals surface area (Å²) in [5.74, 6) is 0.154. The summed E-state index contributed by atoms with van der Waals surface area (Å²) in [6.45, 7) is 4.04. The molecule has 3 aromatic carbocycles. The number of carbonyl (C=O) groups excluding carboxylic acids is 2. The number of nitrogens with one attached hydrogen (secondary N) is 3. The van der Waals surface area contributed by atoms with Crippen LogP contribution in [0.5, 0.6) is 0 Å². The van der Waals surface area contributed by atoms with Crippen molar-refractivity contribution in [2.24, 2.45) is 4.99 Å². The molecule has 0 bridgehead atoms. The van der Waals surface area contributed by atoms with E-state index in [1.54, 1.807) is 18.3 Å². The van der Waals surface area contributed by atoms with Crippen LogP contribution >= 0.6 is 24.8 Å². The van der Waals surface area contributed by atoms with E-state index in [0.29, 0.717) is 17.1 Å². The van der Waals surface area contributed by atoms with Crippen molar-refractivity contribution in [2.75, 3.05) is 22.5 Å². The van der Waals surface area contributed by atoms with E-state index in [9.17, 15) is 9.59 Å². The predicted octanol–water partition coefficient (Wildman–Crippen LogP) is 5.94. The standard InChI is InChI=1S/C28H25N5O2.2ClH/c1-17(2)31-27-23(8-5-15-29-27)28(35)32-20-12-9-19(10-13-20)25-22-14-11-18-6-3-4-7-21(18)26(22)33-24(34)16-30-25;;/h3-15,17H,16H2,1-2H3,(H,29,31)(H,32,35)(H,33,34);2*1H. The topological polar surface area (TPSA) is 95.5 Å². The third kappa shape index (κ3) is 5.90. The molecule has 190 valence electrons. The highest BCUT2D eigenvalue weighted by Gasteiger charge is 2.20. The molecule has 2 heterocycles. The molecule has 0 atom stereocenters. The van der Waals surface area contributed by atoms with Gasteiger partial charge in [-0.2, -0.15) is 0 Å². The van der Waals surface area contributed by atoms with E-state index < -0.39 is 0 Å². The minimum Gasteiger partial charge on any atom is -0.367 e. The van der Waals surface area contributed by atoms with Gasteiger partial charge in [0.15, 0.2) is 0 Å². The lowest BCUT2D eigenvalue weighted by Crippen LogP contribution is -2.18. The lowest BCUT2D eigenvalue weighted by molar-refractivity contribution is -0.114. The van der Waals surface area contributed by atoms with Gasteiger partial charge in [0.05, 0.1) is 17.0 Å².